The molecule has 3 rings (SSSR count). The van der Waals surface area contributed by atoms with Crippen molar-refractivity contribution in [2.24, 2.45) is 11.8 Å². The van der Waals surface area contributed by atoms with Crippen LogP contribution in [0.3, 0.4) is 0 Å². The van der Waals surface area contributed by atoms with Gasteiger partial charge in [0.1, 0.15) is 0 Å². The van der Waals surface area contributed by atoms with Gasteiger partial charge in [0, 0.05) is 38.0 Å². The van der Waals surface area contributed by atoms with E-state index in [1.807, 2.05) is 0 Å². The molecule has 0 aromatic heterocycles. The molecular formula is C24H42N2O2. The van der Waals surface area contributed by atoms with Gasteiger partial charge in [0.25, 0.3) is 0 Å². The standard InChI is InChI=1S/C24H42N2O2/c1-19-17-26(24(28)16-14-22-11-7-4-8-12-22)20(2)18-25(19)23(27)15-13-21-9-5-3-6-10-21/h19-22H,3-18H2,1-2H3/t19-,20-/m0/s1. The highest BCUT2D eigenvalue weighted by atomic mass is 16.2. The maximum absolute atomic E-state index is 12.8. The van der Waals surface area contributed by atoms with Crippen LogP contribution in [0, 0.1) is 11.8 Å². The lowest BCUT2D eigenvalue weighted by Gasteiger charge is -2.44. The van der Waals surface area contributed by atoms with Crippen molar-refractivity contribution in [1.82, 2.24) is 9.80 Å². The molecule has 3 aliphatic rings. The minimum Gasteiger partial charge on any atom is -0.336 e. The average molecular weight is 391 g/mol. The van der Waals surface area contributed by atoms with E-state index in [9.17, 15) is 9.59 Å². The zero-order valence-corrected chi connectivity index (χ0v) is 18.3. The second kappa shape index (κ2) is 10.6. The largest absolute Gasteiger partial charge is 0.336 e. The van der Waals surface area contributed by atoms with Gasteiger partial charge in [-0.25, -0.2) is 0 Å². The van der Waals surface area contributed by atoms with Crippen molar-refractivity contribution in [2.45, 2.75) is 116 Å². The summed E-state index contributed by atoms with van der Waals surface area (Å²) in [5.74, 6) is 2.12. The molecule has 2 amide bonds. The van der Waals surface area contributed by atoms with Gasteiger partial charge >= 0.3 is 0 Å². The predicted molar refractivity (Wildman–Crippen MR) is 114 cm³/mol. The van der Waals surface area contributed by atoms with Gasteiger partial charge < -0.3 is 9.80 Å². The van der Waals surface area contributed by atoms with Crippen molar-refractivity contribution < 1.29 is 9.59 Å². The first-order chi connectivity index (χ1) is 13.5. The van der Waals surface area contributed by atoms with Crippen LogP contribution in [0.1, 0.15) is 104 Å². The lowest BCUT2D eigenvalue weighted by Crippen LogP contribution is -2.59. The topological polar surface area (TPSA) is 40.6 Å². The minimum absolute atomic E-state index is 0.147. The monoisotopic (exact) mass is 390 g/mol. The van der Waals surface area contributed by atoms with E-state index >= 15 is 0 Å². The van der Waals surface area contributed by atoms with Crippen LogP contribution in [0.15, 0.2) is 0 Å². The number of nitrogens with zero attached hydrogens (tertiary/aromatic N) is 2. The summed E-state index contributed by atoms with van der Waals surface area (Å²) in [4.78, 5) is 29.8. The fourth-order valence-electron chi connectivity index (χ4n) is 5.72. The second-order valence-electron chi connectivity index (χ2n) is 9.88. The number of hydrogen-bond donors (Lipinski definition) is 0. The van der Waals surface area contributed by atoms with E-state index in [1.165, 1.54) is 64.2 Å². The Kier molecular flexibility index (Phi) is 8.23. The van der Waals surface area contributed by atoms with Crippen molar-refractivity contribution in [3.63, 3.8) is 0 Å². The molecular weight excluding hydrogens is 348 g/mol. The zero-order chi connectivity index (χ0) is 19.9. The summed E-state index contributed by atoms with van der Waals surface area (Å²) < 4.78 is 0. The summed E-state index contributed by atoms with van der Waals surface area (Å²) in [5.41, 5.74) is 0. The van der Waals surface area contributed by atoms with Gasteiger partial charge in [-0.1, -0.05) is 64.2 Å². The number of rotatable bonds is 6. The Bertz CT molecular complexity index is 463. The molecule has 0 radical (unpaired) electrons. The molecule has 0 unspecified atom stereocenters. The number of piperazine rings is 1. The molecule has 4 heteroatoms. The first-order valence-corrected chi connectivity index (χ1v) is 12.1. The Balaban J connectivity index is 1.43. The van der Waals surface area contributed by atoms with Crippen LogP contribution >= 0.6 is 0 Å². The summed E-state index contributed by atoms with van der Waals surface area (Å²) >= 11 is 0. The Labute approximate surface area is 172 Å². The third-order valence-electron chi connectivity index (χ3n) is 7.61. The predicted octanol–water partition coefficient (Wildman–Crippen LogP) is 5.16. The first-order valence-electron chi connectivity index (χ1n) is 12.1. The van der Waals surface area contributed by atoms with E-state index < -0.39 is 0 Å². The van der Waals surface area contributed by atoms with E-state index in [-0.39, 0.29) is 12.1 Å². The molecule has 2 saturated carbocycles. The Morgan fingerprint density at radius 1 is 0.643 bits per heavy atom. The van der Waals surface area contributed by atoms with E-state index in [0.717, 1.165) is 24.7 Å². The van der Waals surface area contributed by atoms with Crippen LogP contribution in [-0.2, 0) is 9.59 Å². The Morgan fingerprint density at radius 2 is 1.00 bits per heavy atom. The van der Waals surface area contributed by atoms with Crippen LogP contribution in [0.25, 0.3) is 0 Å². The van der Waals surface area contributed by atoms with Gasteiger partial charge in [-0.2, -0.15) is 0 Å². The Hall–Kier alpha value is -1.06. The molecule has 160 valence electrons. The summed E-state index contributed by atoms with van der Waals surface area (Å²) in [6.07, 6.45) is 16.8. The van der Waals surface area contributed by atoms with Gasteiger partial charge in [-0.3, -0.25) is 9.59 Å². The van der Waals surface area contributed by atoms with Crippen LogP contribution in [-0.4, -0.2) is 46.8 Å². The van der Waals surface area contributed by atoms with Gasteiger partial charge in [-0.15, -0.1) is 0 Å². The zero-order valence-electron chi connectivity index (χ0n) is 18.3. The quantitative estimate of drug-likeness (QED) is 0.629. The highest BCUT2D eigenvalue weighted by molar-refractivity contribution is 5.79. The molecule has 0 bridgehead atoms. The fraction of sp³-hybridized carbons (Fsp3) is 0.917. The highest BCUT2D eigenvalue weighted by Crippen LogP contribution is 2.29. The maximum Gasteiger partial charge on any atom is 0.222 e. The highest BCUT2D eigenvalue weighted by Gasteiger charge is 2.34. The van der Waals surface area contributed by atoms with Crippen molar-refractivity contribution in [3.8, 4) is 0 Å². The number of carbonyl (C=O) groups excluding carboxylic acids is 2. The van der Waals surface area contributed by atoms with Crippen LogP contribution < -0.4 is 0 Å². The number of carbonyl (C=O) groups is 2. The minimum atomic E-state index is 0.147. The molecule has 0 N–H and O–H groups in total. The normalized spacial score (nSPS) is 27.8. The first kappa shape index (κ1) is 21.6. The van der Waals surface area contributed by atoms with Crippen molar-refractivity contribution in [1.29, 1.82) is 0 Å². The maximum atomic E-state index is 12.8. The third kappa shape index (κ3) is 5.97. The van der Waals surface area contributed by atoms with Crippen molar-refractivity contribution >= 4 is 11.8 Å². The molecule has 2 aliphatic carbocycles. The van der Waals surface area contributed by atoms with E-state index in [0.29, 0.717) is 37.7 Å². The van der Waals surface area contributed by atoms with E-state index in [2.05, 4.69) is 23.6 Å². The average Bonchev–Trinajstić information content (AvgIpc) is 2.73. The molecule has 0 aromatic rings. The third-order valence-corrected chi connectivity index (χ3v) is 7.61. The van der Waals surface area contributed by atoms with Gasteiger partial charge in [0.2, 0.25) is 11.8 Å². The molecule has 0 aromatic carbocycles. The number of hydrogen-bond acceptors (Lipinski definition) is 2. The second-order valence-corrected chi connectivity index (χ2v) is 9.88. The lowest BCUT2D eigenvalue weighted by atomic mass is 9.86. The molecule has 0 spiro atoms. The van der Waals surface area contributed by atoms with E-state index in [1.54, 1.807) is 0 Å². The summed E-state index contributed by atoms with van der Waals surface area (Å²) in [6.45, 7) is 5.65. The van der Waals surface area contributed by atoms with Crippen molar-refractivity contribution in [3.05, 3.63) is 0 Å². The lowest BCUT2D eigenvalue weighted by molar-refractivity contribution is -0.146. The molecule has 1 heterocycles. The molecule has 4 nitrogen and oxygen atoms in total. The van der Waals surface area contributed by atoms with Gasteiger partial charge in [0.15, 0.2) is 0 Å². The summed E-state index contributed by atoms with van der Waals surface area (Å²) in [7, 11) is 0. The van der Waals surface area contributed by atoms with Gasteiger partial charge in [-0.05, 0) is 38.5 Å². The Morgan fingerprint density at radius 3 is 1.36 bits per heavy atom. The summed E-state index contributed by atoms with van der Waals surface area (Å²) in [6, 6.07) is 0.294. The summed E-state index contributed by atoms with van der Waals surface area (Å²) in [5, 5.41) is 0. The molecule has 2 atom stereocenters. The van der Waals surface area contributed by atoms with Crippen LogP contribution in [0.5, 0.6) is 0 Å². The molecule has 3 fully saturated rings. The van der Waals surface area contributed by atoms with E-state index in [4.69, 9.17) is 0 Å². The number of amides is 2. The van der Waals surface area contributed by atoms with Crippen LogP contribution in [0.4, 0.5) is 0 Å². The fourth-order valence-corrected chi connectivity index (χ4v) is 5.72. The van der Waals surface area contributed by atoms with Crippen LogP contribution in [0.2, 0.25) is 0 Å². The molecule has 1 saturated heterocycles. The SMILES string of the molecule is C[C@H]1CN(C(=O)CCC2CCCCC2)[C@@H](C)CN1C(=O)CCC1CCCCC1. The molecule has 28 heavy (non-hydrogen) atoms. The van der Waals surface area contributed by atoms with Gasteiger partial charge in [0.05, 0.1) is 0 Å². The molecule has 1 aliphatic heterocycles. The van der Waals surface area contributed by atoms with Crippen molar-refractivity contribution in [2.75, 3.05) is 13.1 Å². The smallest absolute Gasteiger partial charge is 0.222 e.